The quantitative estimate of drug-likeness (QED) is 0.575. The van der Waals surface area contributed by atoms with E-state index in [-0.39, 0.29) is 5.91 Å². The monoisotopic (exact) mass is 207 g/mol. The summed E-state index contributed by atoms with van der Waals surface area (Å²) in [6.45, 7) is 0. The van der Waals surface area contributed by atoms with Gasteiger partial charge in [-0.2, -0.15) is 0 Å². The van der Waals surface area contributed by atoms with Crippen LogP contribution >= 0.6 is 0 Å². The second kappa shape index (κ2) is 3.53. The molecule has 15 heavy (non-hydrogen) atoms. The second-order valence-corrected chi connectivity index (χ2v) is 4.12. The first kappa shape index (κ1) is 9.96. The molecule has 0 spiro atoms. The van der Waals surface area contributed by atoms with Gasteiger partial charge in [-0.1, -0.05) is 0 Å². The van der Waals surface area contributed by atoms with E-state index in [1.807, 2.05) is 12.1 Å². The zero-order chi connectivity index (χ0) is 11.0. The Morgan fingerprint density at radius 2 is 2.13 bits per heavy atom. The number of aromatic nitrogens is 1. The summed E-state index contributed by atoms with van der Waals surface area (Å²) < 4.78 is 1.03. The standard InChI is InChI=1S/C11H15N2O2/c1-12(2)11(14)10-5-3-4-9(13(10)15)8-6-7-8/h3-5,8,15H,6-7H2,1-2H3/q+1. The van der Waals surface area contributed by atoms with Gasteiger partial charge >= 0.3 is 11.6 Å². The first-order valence-electron chi connectivity index (χ1n) is 5.07. The Balaban J connectivity index is 2.39. The Morgan fingerprint density at radius 1 is 1.47 bits per heavy atom. The van der Waals surface area contributed by atoms with Gasteiger partial charge in [-0.25, -0.2) is 0 Å². The van der Waals surface area contributed by atoms with E-state index in [9.17, 15) is 10.0 Å². The van der Waals surface area contributed by atoms with E-state index in [1.165, 1.54) is 4.90 Å². The lowest BCUT2D eigenvalue weighted by molar-refractivity contribution is -0.910. The van der Waals surface area contributed by atoms with Crippen LogP contribution in [0.4, 0.5) is 0 Å². The SMILES string of the molecule is CN(C)C(=O)c1cccc(C2CC2)[n+]1O. The van der Waals surface area contributed by atoms with Gasteiger partial charge in [-0.05, 0) is 18.9 Å². The predicted molar refractivity (Wildman–Crippen MR) is 53.8 cm³/mol. The van der Waals surface area contributed by atoms with E-state index in [4.69, 9.17) is 0 Å². The maximum Gasteiger partial charge on any atom is 0.323 e. The third-order valence-electron chi connectivity index (χ3n) is 2.61. The number of rotatable bonds is 2. The highest BCUT2D eigenvalue weighted by Gasteiger charge is 2.35. The number of carbonyl (C=O) groups is 1. The smallest absolute Gasteiger partial charge is 0.323 e. The molecule has 1 amide bonds. The molecule has 1 aliphatic carbocycles. The maximum atomic E-state index is 11.7. The molecule has 0 unspecified atom stereocenters. The molecule has 1 aromatic rings. The van der Waals surface area contributed by atoms with E-state index in [0.29, 0.717) is 11.6 Å². The molecular weight excluding hydrogens is 192 g/mol. The van der Waals surface area contributed by atoms with Crippen LogP contribution in [0.15, 0.2) is 18.2 Å². The normalized spacial score (nSPS) is 15.1. The molecule has 0 aliphatic heterocycles. The minimum absolute atomic E-state index is 0.181. The van der Waals surface area contributed by atoms with E-state index in [1.54, 1.807) is 20.2 Å². The summed E-state index contributed by atoms with van der Waals surface area (Å²) in [5.41, 5.74) is 1.16. The van der Waals surface area contributed by atoms with Gasteiger partial charge in [0.25, 0.3) is 0 Å². The summed E-state index contributed by atoms with van der Waals surface area (Å²) in [4.78, 5) is 13.2. The molecule has 4 nitrogen and oxygen atoms in total. The van der Waals surface area contributed by atoms with Crippen LogP contribution in [0, 0.1) is 0 Å². The van der Waals surface area contributed by atoms with Crippen LogP contribution in [0.5, 0.6) is 0 Å². The van der Waals surface area contributed by atoms with E-state index in [0.717, 1.165) is 23.3 Å². The topological polar surface area (TPSA) is 44.4 Å². The first-order valence-corrected chi connectivity index (χ1v) is 5.07. The van der Waals surface area contributed by atoms with Crippen molar-refractivity contribution in [3.63, 3.8) is 0 Å². The summed E-state index contributed by atoms with van der Waals surface area (Å²) in [5.74, 6) is 0.241. The zero-order valence-electron chi connectivity index (χ0n) is 8.97. The summed E-state index contributed by atoms with van der Waals surface area (Å²) in [6.07, 6.45) is 2.19. The molecule has 0 bridgehead atoms. The number of carbonyl (C=O) groups excluding carboxylic acids is 1. The summed E-state index contributed by atoms with van der Waals surface area (Å²) >= 11 is 0. The molecular formula is C11H15N2O2+. The van der Waals surface area contributed by atoms with Gasteiger partial charge in [0.05, 0.1) is 0 Å². The molecule has 1 heterocycles. The number of hydrogen-bond acceptors (Lipinski definition) is 2. The lowest BCUT2D eigenvalue weighted by atomic mass is 10.2. The molecule has 1 N–H and O–H groups in total. The molecule has 2 rings (SSSR count). The Morgan fingerprint density at radius 3 is 2.67 bits per heavy atom. The molecule has 1 fully saturated rings. The second-order valence-electron chi connectivity index (χ2n) is 4.12. The molecule has 1 saturated carbocycles. The van der Waals surface area contributed by atoms with Gasteiger partial charge in [0, 0.05) is 36.9 Å². The fourth-order valence-corrected chi connectivity index (χ4v) is 1.60. The average molecular weight is 207 g/mol. The molecule has 0 radical (unpaired) electrons. The van der Waals surface area contributed by atoms with E-state index in [2.05, 4.69) is 0 Å². The molecule has 0 atom stereocenters. The van der Waals surface area contributed by atoms with Crippen LogP contribution in [0.25, 0.3) is 0 Å². The number of amides is 1. The van der Waals surface area contributed by atoms with Crippen molar-refractivity contribution in [3.8, 4) is 0 Å². The fourth-order valence-electron chi connectivity index (χ4n) is 1.60. The van der Waals surface area contributed by atoms with Crippen molar-refractivity contribution in [1.82, 2.24) is 4.90 Å². The third-order valence-corrected chi connectivity index (χ3v) is 2.61. The van der Waals surface area contributed by atoms with Crippen molar-refractivity contribution in [2.24, 2.45) is 0 Å². The minimum Gasteiger partial charge on any atom is -0.339 e. The lowest BCUT2D eigenvalue weighted by Gasteiger charge is -2.07. The summed E-state index contributed by atoms with van der Waals surface area (Å²) in [7, 11) is 3.35. The highest BCUT2D eigenvalue weighted by Crippen LogP contribution is 2.38. The Hall–Kier alpha value is -1.58. The highest BCUT2D eigenvalue weighted by molar-refractivity contribution is 5.90. The minimum atomic E-state index is -0.181. The molecule has 0 saturated heterocycles. The number of hydrogen-bond donors (Lipinski definition) is 1. The van der Waals surface area contributed by atoms with Crippen molar-refractivity contribution >= 4 is 5.91 Å². The van der Waals surface area contributed by atoms with Crippen molar-refractivity contribution < 1.29 is 14.7 Å². The predicted octanol–water partition coefficient (Wildman–Crippen LogP) is 0.791. The van der Waals surface area contributed by atoms with Gasteiger partial charge in [0.2, 0.25) is 5.69 Å². The van der Waals surface area contributed by atoms with Crippen molar-refractivity contribution in [2.75, 3.05) is 14.1 Å². The molecule has 80 valence electrons. The largest absolute Gasteiger partial charge is 0.339 e. The van der Waals surface area contributed by atoms with E-state index >= 15 is 0 Å². The van der Waals surface area contributed by atoms with Crippen LogP contribution in [-0.4, -0.2) is 30.1 Å². The third kappa shape index (κ3) is 1.79. The van der Waals surface area contributed by atoms with Crippen LogP contribution in [-0.2, 0) is 0 Å². The Bertz CT molecular complexity index is 398. The molecule has 1 aromatic heterocycles. The summed E-state index contributed by atoms with van der Waals surface area (Å²) in [6, 6.07) is 5.31. The van der Waals surface area contributed by atoms with Gasteiger partial charge in [0.1, 0.15) is 0 Å². The van der Waals surface area contributed by atoms with Crippen molar-refractivity contribution in [1.29, 1.82) is 0 Å². The number of pyridine rings is 1. The van der Waals surface area contributed by atoms with Gasteiger partial charge in [-0.15, -0.1) is 0 Å². The molecule has 0 aromatic carbocycles. The summed E-state index contributed by atoms with van der Waals surface area (Å²) in [5, 5.41) is 9.89. The number of nitrogens with zero attached hydrogens (tertiary/aromatic N) is 2. The van der Waals surface area contributed by atoms with Gasteiger partial charge in [0.15, 0.2) is 0 Å². The molecule has 1 aliphatic rings. The highest BCUT2D eigenvalue weighted by atomic mass is 16.5. The first-order chi connectivity index (χ1) is 7.11. The van der Waals surface area contributed by atoms with Crippen LogP contribution in [0.2, 0.25) is 0 Å². The van der Waals surface area contributed by atoms with Gasteiger partial charge < -0.3 is 4.90 Å². The van der Waals surface area contributed by atoms with Crippen molar-refractivity contribution in [2.45, 2.75) is 18.8 Å². The van der Waals surface area contributed by atoms with Crippen molar-refractivity contribution in [3.05, 3.63) is 29.6 Å². The van der Waals surface area contributed by atoms with Crippen LogP contribution in [0.1, 0.15) is 34.9 Å². The van der Waals surface area contributed by atoms with Crippen LogP contribution in [0.3, 0.4) is 0 Å². The maximum absolute atomic E-state index is 11.7. The van der Waals surface area contributed by atoms with Crippen LogP contribution < -0.4 is 4.73 Å². The Labute approximate surface area is 88.7 Å². The van der Waals surface area contributed by atoms with Gasteiger partial charge in [-0.3, -0.25) is 10.0 Å². The zero-order valence-corrected chi connectivity index (χ0v) is 8.97. The van der Waals surface area contributed by atoms with E-state index < -0.39 is 0 Å². The molecule has 4 heteroatoms. The average Bonchev–Trinajstić information content (AvgIpc) is 3.00. The lowest BCUT2D eigenvalue weighted by Crippen LogP contribution is -2.44. The Kier molecular flexibility index (Phi) is 2.34. The fraction of sp³-hybridized carbons (Fsp3) is 0.455.